The van der Waals surface area contributed by atoms with Gasteiger partial charge >= 0.3 is 0 Å². The minimum absolute atomic E-state index is 0.0474. The monoisotopic (exact) mass is 355 g/mol. The maximum Gasteiger partial charge on any atom is 0.258 e. The van der Waals surface area contributed by atoms with Crippen LogP contribution in [-0.2, 0) is 13.0 Å². The standard InChI is InChI=1S/C17H14BrN3O/c18-13-5-6-16-19-14(9-17(22)21(16)10-13)11-20-8-7-12-3-1-2-4-15(12)20/h1-6,9-10H,7-8,11H2. The fraction of sp³-hybridized carbons (Fsp3) is 0.176. The van der Waals surface area contributed by atoms with E-state index >= 15 is 0 Å². The summed E-state index contributed by atoms with van der Waals surface area (Å²) in [5, 5.41) is 0. The Hall–Kier alpha value is -2.14. The Morgan fingerprint density at radius 1 is 1.18 bits per heavy atom. The first kappa shape index (κ1) is 13.5. The molecule has 0 fully saturated rings. The molecule has 4 nitrogen and oxygen atoms in total. The molecule has 1 aliphatic heterocycles. The second-order valence-electron chi connectivity index (χ2n) is 5.46. The van der Waals surface area contributed by atoms with Crippen molar-refractivity contribution in [3.05, 3.63) is 74.7 Å². The number of fused-ring (bicyclic) bond motifs is 2. The van der Waals surface area contributed by atoms with E-state index in [2.05, 4.69) is 50.1 Å². The number of nitrogens with zero attached hydrogens (tertiary/aromatic N) is 3. The summed E-state index contributed by atoms with van der Waals surface area (Å²) in [7, 11) is 0. The molecule has 22 heavy (non-hydrogen) atoms. The summed E-state index contributed by atoms with van der Waals surface area (Å²) in [6, 6.07) is 13.8. The summed E-state index contributed by atoms with van der Waals surface area (Å²) in [4.78, 5) is 19.2. The van der Waals surface area contributed by atoms with Gasteiger partial charge in [-0.25, -0.2) is 4.98 Å². The predicted molar refractivity (Wildman–Crippen MR) is 90.4 cm³/mol. The molecule has 0 saturated carbocycles. The smallest absolute Gasteiger partial charge is 0.258 e. The molecule has 5 heteroatoms. The molecule has 0 radical (unpaired) electrons. The molecule has 0 atom stereocenters. The van der Waals surface area contributed by atoms with Gasteiger partial charge in [-0.05, 0) is 46.1 Å². The van der Waals surface area contributed by atoms with Gasteiger partial charge in [0.15, 0.2) is 0 Å². The molecule has 0 saturated heterocycles. The lowest BCUT2D eigenvalue weighted by molar-refractivity contribution is 0.808. The van der Waals surface area contributed by atoms with Crippen LogP contribution in [0.4, 0.5) is 5.69 Å². The Balaban J connectivity index is 1.71. The highest BCUT2D eigenvalue weighted by Gasteiger charge is 2.19. The lowest BCUT2D eigenvalue weighted by Crippen LogP contribution is -2.23. The molecule has 4 rings (SSSR count). The third-order valence-electron chi connectivity index (χ3n) is 4.01. The number of anilines is 1. The van der Waals surface area contributed by atoms with Crippen molar-refractivity contribution in [3.8, 4) is 0 Å². The van der Waals surface area contributed by atoms with Gasteiger partial charge in [0.1, 0.15) is 5.65 Å². The Bertz CT molecular complexity index is 919. The molecular weight excluding hydrogens is 342 g/mol. The topological polar surface area (TPSA) is 37.6 Å². The zero-order valence-corrected chi connectivity index (χ0v) is 13.5. The van der Waals surface area contributed by atoms with Crippen molar-refractivity contribution < 1.29 is 0 Å². The summed E-state index contributed by atoms with van der Waals surface area (Å²) >= 11 is 3.38. The van der Waals surface area contributed by atoms with E-state index in [1.165, 1.54) is 11.3 Å². The number of rotatable bonds is 2. The Labute approximate surface area is 136 Å². The van der Waals surface area contributed by atoms with Crippen molar-refractivity contribution in [2.75, 3.05) is 11.4 Å². The van der Waals surface area contributed by atoms with Crippen molar-refractivity contribution in [2.45, 2.75) is 13.0 Å². The fourth-order valence-corrected chi connectivity index (χ4v) is 3.31. The Morgan fingerprint density at radius 2 is 2.05 bits per heavy atom. The summed E-state index contributed by atoms with van der Waals surface area (Å²) in [6.45, 7) is 1.64. The first-order chi connectivity index (χ1) is 10.7. The van der Waals surface area contributed by atoms with E-state index in [4.69, 9.17) is 0 Å². The number of aromatic nitrogens is 2. The summed E-state index contributed by atoms with van der Waals surface area (Å²) < 4.78 is 2.43. The van der Waals surface area contributed by atoms with Crippen LogP contribution in [-0.4, -0.2) is 15.9 Å². The minimum atomic E-state index is -0.0474. The SMILES string of the molecule is O=c1cc(CN2CCc3ccccc32)nc2ccc(Br)cn12. The maximum atomic E-state index is 12.3. The number of benzene rings is 1. The van der Waals surface area contributed by atoms with Crippen LogP contribution in [0, 0.1) is 0 Å². The van der Waals surface area contributed by atoms with E-state index in [1.54, 1.807) is 16.7 Å². The van der Waals surface area contributed by atoms with Crippen LogP contribution < -0.4 is 10.5 Å². The quantitative estimate of drug-likeness (QED) is 0.709. The highest BCUT2D eigenvalue weighted by atomic mass is 79.9. The van der Waals surface area contributed by atoms with Crippen LogP contribution in [0.25, 0.3) is 5.65 Å². The van der Waals surface area contributed by atoms with Crippen molar-refractivity contribution in [1.82, 2.24) is 9.38 Å². The lowest BCUT2D eigenvalue weighted by Gasteiger charge is -2.19. The van der Waals surface area contributed by atoms with E-state index in [-0.39, 0.29) is 5.56 Å². The Kier molecular flexibility index (Phi) is 3.22. The van der Waals surface area contributed by atoms with Gasteiger partial charge in [0.2, 0.25) is 0 Å². The molecule has 1 aliphatic rings. The second kappa shape index (κ2) is 5.25. The highest BCUT2D eigenvalue weighted by molar-refractivity contribution is 9.10. The zero-order valence-electron chi connectivity index (χ0n) is 11.9. The van der Waals surface area contributed by atoms with Crippen LogP contribution in [0.15, 0.2) is 57.9 Å². The van der Waals surface area contributed by atoms with Gasteiger partial charge in [0.25, 0.3) is 5.56 Å². The number of para-hydroxylation sites is 1. The van der Waals surface area contributed by atoms with Crippen LogP contribution in [0.5, 0.6) is 0 Å². The van der Waals surface area contributed by atoms with Gasteiger partial charge in [-0.1, -0.05) is 18.2 Å². The molecule has 2 aromatic heterocycles. The molecule has 0 N–H and O–H groups in total. The Morgan fingerprint density at radius 3 is 2.95 bits per heavy atom. The van der Waals surface area contributed by atoms with Crippen LogP contribution >= 0.6 is 15.9 Å². The number of halogens is 1. The second-order valence-corrected chi connectivity index (χ2v) is 6.38. The molecule has 0 spiro atoms. The first-order valence-electron chi connectivity index (χ1n) is 7.21. The van der Waals surface area contributed by atoms with E-state index in [9.17, 15) is 4.79 Å². The van der Waals surface area contributed by atoms with Gasteiger partial charge in [-0.15, -0.1) is 0 Å². The van der Waals surface area contributed by atoms with Gasteiger partial charge in [-0.2, -0.15) is 0 Å². The normalized spacial score (nSPS) is 13.6. The third kappa shape index (κ3) is 2.31. The number of hydrogen-bond acceptors (Lipinski definition) is 3. The molecule has 0 unspecified atom stereocenters. The molecular formula is C17H14BrN3O. The van der Waals surface area contributed by atoms with Crippen LogP contribution in [0.3, 0.4) is 0 Å². The average molecular weight is 356 g/mol. The van der Waals surface area contributed by atoms with E-state index < -0.39 is 0 Å². The van der Waals surface area contributed by atoms with Gasteiger partial charge in [0.05, 0.1) is 12.2 Å². The molecule has 0 bridgehead atoms. The third-order valence-corrected chi connectivity index (χ3v) is 4.48. The first-order valence-corrected chi connectivity index (χ1v) is 8.01. The van der Waals surface area contributed by atoms with Crippen molar-refractivity contribution in [2.24, 2.45) is 0 Å². The van der Waals surface area contributed by atoms with Gasteiger partial charge in [0, 0.05) is 29.0 Å². The largest absolute Gasteiger partial charge is 0.365 e. The predicted octanol–water partition coefficient (Wildman–Crippen LogP) is 3.02. The van der Waals surface area contributed by atoms with Gasteiger partial charge < -0.3 is 4.90 Å². The average Bonchev–Trinajstić information content (AvgIpc) is 2.92. The summed E-state index contributed by atoms with van der Waals surface area (Å²) in [5.74, 6) is 0. The minimum Gasteiger partial charge on any atom is -0.365 e. The number of hydrogen-bond donors (Lipinski definition) is 0. The maximum absolute atomic E-state index is 12.3. The highest BCUT2D eigenvalue weighted by Crippen LogP contribution is 2.28. The fourth-order valence-electron chi connectivity index (χ4n) is 2.97. The molecule has 110 valence electrons. The molecule has 3 aromatic rings. The van der Waals surface area contributed by atoms with Crippen LogP contribution in [0.2, 0.25) is 0 Å². The summed E-state index contributed by atoms with van der Waals surface area (Å²) in [5.41, 5.74) is 4.06. The van der Waals surface area contributed by atoms with E-state index in [1.807, 2.05) is 12.1 Å². The molecule has 0 aliphatic carbocycles. The van der Waals surface area contributed by atoms with Crippen LogP contribution in [0.1, 0.15) is 11.3 Å². The molecule has 0 amide bonds. The molecule has 1 aromatic carbocycles. The van der Waals surface area contributed by atoms with Gasteiger partial charge in [-0.3, -0.25) is 9.20 Å². The van der Waals surface area contributed by atoms with Crippen molar-refractivity contribution in [1.29, 1.82) is 0 Å². The van der Waals surface area contributed by atoms with Crippen molar-refractivity contribution in [3.63, 3.8) is 0 Å². The van der Waals surface area contributed by atoms with Crippen molar-refractivity contribution >= 4 is 27.3 Å². The lowest BCUT2D eigenvalue weighted by atomic mass is 10.2. The van der Waals surface area contributed by atoms with E-state index in [0.717, 1.165) is 23.1 Å². The van der Waals surface area contributed by atoms with E-state index in [0.29, 0.717) is 12.2 Å². The molecule has 3 heterocycles. The zero-order chi connectivity index (χ0) is 15.1. The summed E-state index contributed by atoms with van der Waals surface area (Å²) in [6.07, 6.45) is 2.80. The number of pyridine rings is 1.